The Hall–Kier alpha value is -4.12. The number of hydrogen-bond donors (Lipinski definition) is 2. The van der Waals surface area contributed by atoms with Crippen molar-refractivity contribution < 1.29 is 4.92 Å². The van der Waals surface area contributed by atoms with Gasteiger partial charge in [0.1, 0.15) is 11.7 Å². The maximum absolute atomic E-state index is 12.6. The molecule has 2 N–H and O–H groups in total. The summed E-state index contributed by atoms with van der Waals surface area (Å²) >= 11 is 6.47. The number of hydrogen-bond acceptors (Lipinski definition) is 8. The van der Waals surface area contributed by atoms with Crippen molar-refractivity contribution >= 4 is 28.9 Å². The van der Waals surface area contributed by atoms with Crippen molar-refractivity contribution in [3.8, 4) is 11.3 Å². The number of H-pyrrole nitrogens is 1. The molecule has 0 amide bonds. The molecule has 1 aliphatic rings. The highest BCUT2D eigenvalue weighted by Crippen LogP contribution is 2.42. The molecule has 1 unspecified atom stereocenters. The Morgan fingerprint density at radius 3 is 2.63 bits per heavy atom. The summed E-state index contributed by atoms with van der Waals surface area (Å²) in [5.74, 6) is 0.277. The van der Waals surface area contributed by atoms with E-state index in [1.54, 1.807) is 24.3 Å². The molecule has 2 aromatic heterocycles. The first-order valence-electron chi connectivity index (χ1n) is 8.71. The molecule has 1 aliphatic heterocycles. The van der Waals surface area contributed by atoms with Gasteiger partial charge in [-0.3, -0.25) is 14.9 Å². The number of halogens is 1. The third kappa shape index (κ3) is 2.71. The summed E-state index contributed by atoms with van der Waals surface area (Å²) in [5, 5.41) is 32.8. The highest BCUT2D eigenvalue weighted by molar-refractivity contribution is 6.31. The van der Waals surface area contributed by atoms with Gasteiger partial charge in [-0.25, -0.2) is 5.10 Å². The molecular formula is C18H11ClN8O3. The molecule has 3 heterocycles. The van der Waals surface area contributed by atoms with Gasteiger partial charge in [0, 0.05) is 33.8 Å². The predicted octanol–water partition coefficient (Wildman–Crippen LogP) is 2.68. The second-order valence-corrected chi connectivity index (χ2v) is 6.90. The molecular weight excluding hydrogens is 412 g/mol. The lowest BCUT2D eigenvalue weighted by atomic mass is 9.92. The Labute approximate surface area is 172 Å². The first-order valence-corrected chi connectivity index (χ1v) is 9.09. The third-order valence-corrected chi connectivity index (χ3v) is 5.16. The molecule has 1 atom stereocenters. The molecule has 0 saturated heterocycles. The number of nitrogens with one attached hydrogen (secondary N) is 2. The molecule has 2 aromatic carbocycles. The molecule has 12 heteroatoms. The fraction of sp³-hybridized carbons (Fsp3) is 0.0556. The number of benzene rings is 2. The third-order valence-electron chi connectivity index (χ3n) is 4.82. The molecule has 0 saturated carbocycles. The van der Waals surface area contributed by atoms with Gasteiger partial charge in [-0.05, 0) is 28.6 Å². The van der Waals surface area contributed by atoms with Gasteiger partial charge in [0.25, 0.3) is 11.2 Å². The van der Waals surface area contributed by atoms with E-state index in [0.29, 0.717) is 27.4 Å². The van der Waals surface area contributed by atoms with E-state index in [2.05, 4.69) is 31.0 Å². The van der Waals surface area contributed by atoms with Crippen LogP contribution in [0.2, 0.25) is 5.02 Å². The normalized spacial score (nSPS) is 14.5. The SMILES string of the molecule is O=c1[nH]nc(-c2ccc([N+](=O)[O-])cc2)c2c1Nc1nnnn1C2c1ccccc1Cl. The first-order chi connectivity index (χ1) is 14.5. The Balaban J connectivity index is 1.79. The number of aromatic amines is 1. The minimum Gasteiger partial charge on any atom is -0.318 e. The van der Waals surface area contributed by atoms with Crippen molar-refractivity contribution in [1.82, 2.24) is 30.4 Å². The average Bonchev–Trinajstić information content (AvgIpc) is 3.22. The van der Waals surface area contributed by atoms with Gasteiger partial charge in [0.15, 0.2) is 0 Å². The number of nitro benzene ring substituents is 1. The Kier molecular flexibility index (Phi) is 4.03. The van der Waals surface area contributed by atoms with Gasteiger partial charge in [-0.1, -0.05) is 34.9 Å². The molecule has 0 spiro atoms. The number of rotatable bonds is 3. The van der Waals surface area contributed by atoms with Crippen LogP contribution in [-0.4, -0.2) is 35.3 Å². The largest absolute Gasteiger partial charge is 0.318 e. The maximum atomic E-state index is 12.6. The minimum atomic E-state index is -0.639. The summed E-state index contributed by atoms with van der Waals surface area (Å²) in [6, 6.07) is 12.4. The summed E-state index contributed by atoms with van der Waals surface area (Å²) in [6.45, 7) is 0. The molecule has 11 nitrogen and oxygen atoms in total. The standard InChI is InChI=1S/C18H11ClN8O3/c19-12-4-2-1-3-11(12)16-13-14(9-5-7-10(8-6-9)27(29)30)21-22-17(28)15(13)20-18-23-24-25-26(16)18/h1-8,16H,(H,22,28)(H,20,23,25). The lowest BCUT2D eigenvalue weighted by Crippen LogP contribution is -2.29. The number of aromatic nitrogens is 6. The van der Waals surface area contributed by atoms with Crippen LogP contribution in [-0.2, 0) is 0 Å². The van der Waals surface area contributed by atoms with Gasteiger partial charge in [0.05, 0.1) is 10.6 Å². The van der Waals surface area contributed by atoms with Crippen molar-refractivity contribution in [2.75, 3.05) is 5.32 Å². The Morgan fingerprint density at radius 2 is 1.90 bits per heavy atom. The fourth-order valence-corrected chi connectivity index (χ4v) is 3.72. The lowest BCUT2D eigenvalue weighted by Gasteiger charge is -2.28. The minimum absolute atomic E-state index is 0.0550. The number of fused-ring (bicyclic) bond motifs is 2. The zero-order chi connectivity index (χ0) is 20.8. The van der Waals surface area contributed by atoms with Crippen LogP contribution in [0.4, 0.5) is 17.3 Å². The lowest BCUT2D eigenvalue weighted by molar-refractivity contribution is -0.384. The second kappa shape index (κ2) is 6.74. The van der Waals surface area contributed by atoms with E-state index >= 15 is 0 Å². The zero-order valence-electron chi connectivity index (χ0n) is 15.0. The van der Waals surface area contributed by atoms with Crippen molar-refractivity contribution in [1.29, 1.82) is 0 Å². The van der Waals surface area contributed by atoms with Crippen LogP contribution in [0.25, 0.3) is 11.3 Å². The molecule has 0 aliphatic carbocycles. The van der Waals surface area contributed by atoms with Crippen molar-refractivity contribution in [2.45, 2.75) is 6.04 Å². The zero-order valence-corrected chi connectivity index (χ0v) is 15.7. The number of tetrazole rings is 1. The van der Waals surface area contributed by atoms with Crippen molar-refractivity contribution in [3.63, 3.8) is 0 Å². The van der Waals surface area contributed by atoms with E-state index in [1.807, 2.05) is 12.1 Å². The maximum Gasteiger partial charge on any atom is 0.288 e. The molecule has 148 valence electrons. The van der Waals surface area contributed by atoms with E-state index in [9.17, 15) is 14.9 Å². The Bertz CT molecular complexity index is 1350. The van der Waals surface area contributed by atoms with Crippen LogP contribution in [0.5, 0.6) is 0 Å². The van der Waals surface area contributed by atoms with E-state index in [1.165, 1.54) is 16.8 Å². The summed E-state index contributed by atoms with van der Waals surface area (Å²) in [6.07, 6.45) is 0. The quantitative estimate of drug-likeness (QED) is 0.333. The van der Waals surface area contributed by atoms with Gasteiger partial charge in [0.2, 0.25) is 5.95 Å². The average molecular weight is 423 g/mol. The van der Waals surface area contributed by atoms with E-state index < -0.39 is 16.5 Å². The monoisotopic (exact) mass is 422 g/mol. The summed E-state index contributed by atoms with van der Waals surface area (Å²) in [7, 11) is 0. The summed E-state index contributed by atoms with van der Waals surface area (Å²) in [5.41, 5.74) is 1.88. The van der Waals surface area contributed by atoms with Crippen LogP contribution in [0, 0.1) is 10.1 Å². The topological polar surface area (TPSA) is 145 Å². The van der Waals surface area contributed by atoms with Crippen LogP contribution in [0.15, 0.2) is 53.3 Å². The predicted molar refractivity (Wildman–Crippen MR) is 107 cm³/mol. The second-order valence-electron chi connectivity index (χ2n) is 6.49. The number of non-ortho nitro benzene ring substituents is 1. The molecule has 30 heavy (non-hydrogen) atoms. The molecule has 0 bridgehead atoms. The van der Waals surface area contributed by atoms with Crippen LogP contribution < -0.4 is 10.9 Å². The van der Waals surface area contributed by atoms with E-state index in [0.717, 1.165) is 0 Å². The molecule has 5 rings (SSSR count). The molecule has 0 radical (unpaired) electrons. The van der Waals surface area contributed by atoms with Gasteiger partial charge >= 0.3 is 0 Å². The van der Waals surface area contributed by atoms with Crippen LogP contribution in [0.1, 0.15) is 17.2 Å². The fourth-order valence-electron chi connectivity index (χ4n) is 3.48. The smallest absolute Gasteiger partial charge is 0.288 e. The van der Waals surface area contributed by atoms with Gasteiger partial charge < -0.3 is 5.32 Å². The van der Waals surface area contributed by atoms with Gasteiger partial charge in [-0.15, -0.1) is 0 Å². The Morgan fingerprint density at radius 1 is 1.13 bits per heavy atom. The summed E-state index contributed by atoms with van der Waals surface area (Å²) < 4.78 is 1.51. The highest BCUT2D eigenvalue weighted by atomic mass is 35.5. The molecule has 4 aromatic rings. The van der Waals surface area contributed by atoms with Crippen molar-refractivity contribution in [2.24, 2.45) is 0 Å². The highest BCUT2D eigenvalue weighted by Gasteiger charge is 2.35. The van der Waals surface area contributed by atoms with Crippen LogP contribution in [0.3, 0.4) is 0 Å². The summed E-state index contributed by atoms with van der Waals surface area (Å²) in [4.78, 5) is 23.1. The van der Waals surface area contributed by atoms with E-state index in [-0.39, 0.29) is 17.3 Å². The van der Waals surface area contributed by atoms with Crippen molar-refractivity contribution in [3.05, 3.63) is 85.1 Å². The van der Waals surface area contributed by atoms with Crippen LogP contribution >= 0.6 is 11.6 Å². The van der Waals surface area contributed by atoms with E-state index in [4.69, 9.17) is 11.6 Å². The molecule has 0 fully saturated rings. The number of anilines is 2. The first kappa shape index (κ1) is 17.9. The number of nitrogens with zero attached hydrogens (tertiary/aromatic N) is 6. The van der Waals surface area contributed by atoms with Gasteiger partial charge in [-0.2, -0.15) is 9.78 Å². The number of nitro groups is 1.